The second-order valence-electron chi connectivity index (χ2n) is 5.12. The number of methoxy groups -OCH3 is 1. The van der Waals surface area contributed by atoms with E-state index < -0.39 is 0 Å². The first kappa shape index (κ1) is 13.3. The largest absolute Gasteiger partial charge is 0.494 e. The van der Waals surface area contributed by atoms with Gasteiger partial charge in [-0.1, -0.05) is 6.07 Å². The number of ether oxygens (including phenoxy) is 2. The van der Waals surface area contributed by atoms with E-state index in [1.807, 2.05) is 13.0 Å². The molecule has 4 heteroatoms. The van der Waals surface area contributed by atoms with Crippen LogP contribution in [0.1, 0.15) is 31.9 Å². The Kier molecular flexibility index (Phi) is 3.88. The third-order valence-electron chi connectivity index (χ3n) is 3.46. The summed E-state index contributed by atoms with van der Waals surface area (Å²) in [6.07, 6.45) is 0.982. The van der Waals surface area contributed by atoms with Gasteiger partial charge in [0.1, 0.15) is 0 Å². The molecule has 0 amide bonds. The van der Waals surface area contributed by atoms with Gasteiger partial charge in [0.05, 0.1) is 13.7 Å². The Morgan fingerprint density at radius 1 is 1.50 bits per heavy atom. The molecule has 1 aliphatic heterocycles. The molecule has 2 rings (SSSR count). The average Bonchev–Trinajstić information content (AvgIpc) is 2.75. The van der Waals surface area contributed by atoms with Crippen molar-refractivity contribution >= 4 is 0 Å². The van der Waals surface area contributed by atoms with Gasteiger partial charge in [-0.15, -0.1) is 0 Å². The molecule has 1 heterocycles. The fraction of sp³-hybridized carbons (Fsp3) is 0.571. The topological polar surface area (TPSA) is 30.5 Å². The molecular weight excluding hydrogens is 233 g/mol. The lowest BCUT2D eigenvalue weighted by Crippen LogP contribution is -2.44. The van der Waals surface area contributed by atoms with Crippen LogP contribution in [0.3, 0.4) is 0 Å². The van der Waals surface area contributed by atoms with E-state index >= 15 is 0 Å². The Hall–Kier alpha value is -1.13. The highest BCUT2D eigenvalue weighted by molar-refractivity contribution is 5.31. The molecule has 0 radical (unpaired) electrons. The van der Waals surface area contributed by atoms with E-state index in [0.717, 1.165) is 18.6 Å². The molecule has 1 aliphatic rings. The molecule has 0 spiro atoms. The van der Waals surface area contributed by atoms with Crippen LogP contribution in [0.25, 0.3) is 0 Å². The van der Waals surface area contributed by atoms with Gasteiger partial charge in [-0.3, -0.25) is 0 Å². The van der Waals surface area contributed by atoms with Crippen molar-refractivity contribution in [2.75, 3.05) is 20.3 Å². The van der Waals surface area contributed by atoms with Crippen LogP contribution < -0.4 is 10.1 Å². The molecule has 100 valence electrons. The molecule has 0 aliphatic carbocycles. The summed E-state index contributed by atoms with van der Waals surface area (Å²) in [5.41, 5.74) is 0.900. The second kappa shape index (κ2) is 5.24. The Bertz CT molecular complexity index is 416. The summed E-state index contributed by atoms with van der Waals surface area (Å²) in [6, 6.07) is 5.15. The standard InChI is InChI=1S/C14H20FNO2/c1-10(16-14(2)6-7-18-9-14)11-4-5-13(17-3)12(15)8-11/h4-5,8,10,16H,6-7,9H2,1-3H3. The third kappa shape index (κ3) is 2.82. The van der Waals surface area contributed by atoms with E-state index in [9.17, 15) is 4.39 Å². The molecule has 0 saturated carbocycles. The van der Waals surface area contributed by atoms with E-state index in [-0.39, 0.29) is 23.1 Å². The highest BCUT2D eigenvalue weighted by Crippen LogP contribution is 2.26. The van der Waals surface area contributed by atoms with Crippen molar-refractivity contribution in [3.8, 4) is 5.75 Å². The van der Waals surface area contributed by atoms with Gasteiger partial charge >= 0.3 is 0 Å². The number of halogens is 1. The minimum absolute atomic E-state index is 0.0180. The van der Waals surface area contributed by atoms with E-state index in [1.54, 1.807) is 6.07 Å². The molecule has 1 aromatic carbocycles. The normalized spacial score (nSPS) is 25.1. The van der Waals surface area contributed by atoms with Crippen LogP contribution >= 0.6 is 0 Å². The minimum Gasteiger partial charge on any atom is -0.494 e. The summed E-state index contributed by atoms with van der Waals surface area (Å²) in [5, 5.41) is 3.50. The molecule has 0 aromatic heterocycles. The Labute approximate surface area is 107 Å². The van der Waals surface area contributed by atoms with Gasteiger partial charge in [-0.2, -0.15) is 0 Å². The molecule has 1 saturated heterocycles. The van der Waals surface area contributed by atoms with Crippen molar-refractivity contribution in [2.45, 2.75) is 31.8 Å². The molecule has 18 heavy (non-hydrogen) atoms. The summed E-state index contributed by atoms with van der Waals surface area (Å²) in [6.45, 7) is 5.66. The summed E-state index contributed by atoms with van der Waals surface area (Å²) in [7, 11) is 1.47. The van der Waals surface area contributed by atoms with E-state index in [0.29, 0.717) is 6.61 Å². The molecule has 3 nitrogen and oxygen atoms in total. The summed E-state index contributed by atoms with van der Waals surface area (Å²) < 4.78 is 24.0. The first-order valence-electron chi connectivity index (χ1n) is 6.23. The highest BCUT2D eigenvalue weighted by atomic mass is 19.1. The van der Waals surface area contributed by atoms with Crippen LogP contribution in [0.15, 0.2) is 18.2 Å². The van der Waals surface area contributed by atoms with E-state index in [4.69, 9.17) is 9.47 Å². The number of hydrogen-bond acceptors (Lipinski definition) is 3. The quantitative estimate of drug-likeness (QED) is 0.895. The first-order chi connectivity index (χ1) is 8.54. The molecule has 1 fully saturated rings. The minimum atomic E-state index is -0.323. The third-order valence-corrected chi connectivity index (χ3v) is 3.46. The smallest absolute Gasteiger partial charge is 0.165 e. The fourth-order valence-corrected chi connectivity index (χ4v) is 2.34. The van der Waals surface area contributed by atoms with Crippen LogP contribution in [0.5, 0.6) is 5.75 Å². The lowest BCUT2D eigenvalue weighted by molar-refractivity contribution is 0.167. The fourth-order valence-electron chi connectivity index (χ4n) is 2.34. The van der Waals surface area contributed by atoms with Crippen molar-refractivity contribution in [2.24, 2.45) is 0 Å². The predicted octanol–water partition coefficient (Wildman–Crippen LogP) is 2.66. The van der Waals surface area contributed by atoms with Crippen molar-refractivity contribution < 1.29 is 13.9 Å². The Morgan fingerprint density at radius 2 is 2.28 bits per heavy atom. The molecule has 2 atom stereocenters. The van der Waals surface area contributed by atoms with Crippen molar-refractivity contribution in [3.05, 3.63) is 29.6 Å². The molecular formula is C14H20FNO2. The monoisotopic (exact) mass is 253 g/mol. The van der Waals surface area contributed by atoms with Gasteiger partial charge in [-0.05, 0) is 38.0 Å². The average molecular weight is 253 g/mol. The zero-order valence-corrected chi connectivity index (χ0v) is 11.1. The number of rotatable bonds is 4. The van der Waals surface area contributed by atoms with Crippen LogP contribution in [0.4, 0.5) is 4.39 Å². The second-order valence-corrected chi connectivity index (χ2v) is 5.12. The van der Waals surface area contributed by atoms with Gasteiger partial charge < -0.3 is 14.8 Å². The predicted molar refractivity (Wildman–Crippen MR) is 68.3 cm³/mol. The highest BCUT2D eigenvalue weighted by Gasteiger charge is 2.31. The van der Waals surface area contributed by atoms with Gasteiger partial charge in [0.25, 0.3) is 0 Å². The maximum atomic E-state index is 13.6. The maximum absolute atomic E-state index is 13.6. The number of benzene rings is 1. The van der Waals surface area contributed by atoms with Gasteiger partial charge in [0.15, 0.2) is 11.6 Å². The van der Waals surface area contributed by atoms with E-state index in [2.05, 4.69) is 12.2 Å². The van der Waals surface area contributed by atoms with Crippen LogP contribution in [0.2, 0.25) is 0 Å². The first-order valence-corrected chi connectivity index (χ1v) is 6.23. The van der Waals surface area contributed by atoms with Crippen molar-refractivity contribution in [1.29, 1.82) is 0 Å². The summed E-state index contributed by atoms with van der Waals surface area (Å²) in [4.78, 5) is 0. The number of nitrogens with one attached hydrogen (secondary N) is 1. The lowest BCUT2D eigenvalue weighted by Gasteiger charge is -2.28. The summed E-state index contributed by atoms with van der Waals surface area (Å²) in [5.74, 6) is -0.0437. The van der Waals surface area contributed by atoms with Gasteiger partial charge in [0.2, 0.25) is 0 Å². The maximum Gasteiger partial charge on any atom is 0.165 e. The Balaban J connectivity index is 2.08. The van der Waals surface area contributed by atoms with Gasteiger partial charge in [-0.25, -0.2) is 4.39 Å². The molecule has 1 N–H and O–H groups in total. The van der Waals surface area contributed by atoms with Crippen LogP contribution in [-0.4, -0.2) is 25.9 Å². The zero-order chi connectivity index (χ0) is 13.2. The molecule has 0 bridgehead atoms. The van der Waals surface area contributed by atoms with Gasteiger partial charge in [0, 0.05) is 18.2 Å². The molecule has 1 aromatic rings. The van der Waals surface area contributed by atoms with Crippen molar-refractivity contribution in [1.82, 2.24) is 5.32 Å². The SMILES string of the molecule is COc1ccc(C(C)NC2(C)CCOC2)cc1F. The van der Waals surface area contributed by atoms with Crippen LogP contribution in [-0.2, 0) is 4.74 Å². The number of hydrogen-bond donors (Lipinski definition) is 1. The lowest BCUT2D eigenvalue weighted by atomic mass is 9.98. The zero-order valence-electron chi connectivity index (χ0n) is 11.1. The Morgan fingerprint density at radius 3 is 2.83 bits per heavy atom. The molecule has 2 unspecified atom stereocenters. The van der Waals surface area contributed by atoms with Crippen LogP contribution in [0, 0.1) is 5.82 Å². The van der Waals surface area contributed by atoms with E-state index in [1.165, 1.54) is 13.2 Å². The van der Waals surface area contributed by atoms with Crippen molar-refractivity contribution in [3.63, 3.8) is 0 Å². The summed E-state index contributed by atoms with van der Waals surface area (Å²) >= 11 is 0.